The minimum atomic E-state index is -0.168. The predicted molar refractivity (Wildman–Crippen MR) is 293 cm³/mol. The third kappa shape index (κ3) is 5.52. The molecule has 0 fully saturated rings. The summed E-state index contributed by atoms with van der Waals surface area (Å²) in [5, 5.41) is 7.67. The van der Waals surface area contributed by atoms with Gasteiger partial charge in [-0.3, -0.25) is 0 Å². The van der Waals surface area contributed by atoms with E-state index in [4.69, 9.17) is 0 Å². The van der Waals surface area contributed by atoms with Crippen LogP contribution in [-0.2, 0) is 16.2 Å². The molecular weight excluding hydrogens is 829 g/mol. The third-order valence-corrected chi connectivity index (χ3v) is 16.9. The molecule has 0 N–H and O–H groups in total. The van der Waals surface area contributed by atoms with Gasteiger partial charge in [-0.05, 0) is 174 Å². The highest BCUT2D eigenvalue weighted by molar-refractivity contribution is 6.23. The molecule has 11 aromatic carbocycles. The van der Waals surface area contributed by atoms with Gasteiger partial charge in [0.25, 0.3) is 0 Å². The van der Waals surface area contributed by atoms with Crippen LogP contribution in [0.3, 0.4) is 0 Å². The molecule has 328 valence electrons. The van der Waals surface area contributed by atoms with Gasteiger partial charge >= 0.3 is 0 Å². The van der Waals surface area contributed by atoms with E-state index in [0.717, 1.165) is 0 Å². The van der Waals surface area contributed by atoms with Crippen LogP contribution < -0.4 is 0 Å². The molecule has 0 nitrogen and oxygen atoms in total. The molecule has 0 spiro atoms. The molecule has 0 aliphatic heterocycles. The average Bonchev–Trinajstić information content (AvgIpc) is 3.86. The van der Waals surface area contributed by atoms with Gasteiger partial charge in [-0.2, -0.15) is 0 Å². The van der Waals surface area contributed by atoms with Crippen LogP contribution in [0.25, 0.3) is 110 Å². The summed E-state index contributed by atoms with van der Waals surface area (Å²) >= 11 is 0. The van der Waals surface area contributed by atoms with Crippen molar-refractivity contribution in [1.82, 2.24) is 0 Å². The smallest absolute Gasteiger partial charge is 0.0159 e. The lowest BCUT2D eigenvalue weighted by Gasteiger charge is -2.26. The quantitative estimate of drug-likeness (QED) is 0.155. The van der Waals surface area contributed by atoms with Crippen LogP contribution in [0.4, 0.5) is 0 Å². The lowest BCUT2D eigenvalue weighted by atomic mass is 9.77. The summed E-state index contributed by atoms with van der Waals surface area (Å²) in [4.78, 5) is 0. The van der Waals surface area contributed by atoms with E-state index < -0.39 is 0 Å². The largest absolute Gasteiger partial charge is 0.0622 e. The SMILES string of the molecule is CC1(C)c2ccccc2-c2ccc(-c3c4ccc(-c5ccc(-c6ccccc6)c6ccccc56)cc4c(-c4ccc5c(c4)C(C)(C)c4ccccc4-5)c4cc5c(cc34)-c3ccccc3C5(C)C)cc21. The first kappa shape index (κ1) is 40.3. The van der Waals surface area contributed by atoms with Crippen molar-refractivity contribution < 1.29 is 0 Å². The van der Waals surface area contributed by atoms with Crippen molar-refractivity contribution in [3.05, 3.63) is 240 Å². The third-order valence-electron chi connectivity index (χ3n) is 16.9. The topological polar surface area (TPSA) is 0 Å². The van der Waals surface area contributed by atoms with Crippen LogP contribution in [0.2, 0.25) is 0 Å². The number of fused-ring (bicyclic) bond motifs is 12. The Balaban J connectivity index is 1.11. The lowest BCUT2D eigenvalue weighted by Crippen LogP contribution is -2.15. The minimum Gasteiger partial charge on any atom is -0.0622 e. The van der Waals surface area contributed by atoms with Crippen molar-refractivity contribution in [2.24, 2.45) is 0 Å². The van der Waals surface area contributed by atoms with Crippen molar-refractivity contribution in [1.29, 1.82) is 0 Å². The van der Waals surface area contributed by atoms with E-state index in [1.165, 1.54) is 144 Å². The van der Waals surface area contributed by atoms with Crippen LogP contribution in [0.15, 0.2) is 206 Å². The highest BCUT2D eigenvalue weighted by atomic mass is 14.4. The zero-order valence-electron chi connectivity index (χ0n) is 40.1. The van der Waals surface area contributed by atoms with E-state index in [1.54, 1.807) is 0 Å². The van der Waals surface area contributed by atoms with E-state index in [-0.39, 0.29) is 16.2 Å². The first-order chi connectivity index (χ1) is 33.5. The summed E-state index contributed by atoms with van der Waals surface area (Å²) in [5.41, 5.74) is 26.1. The zero-order valence-corrected chi connectivity index (χ0v) is 40.1. The molecule has 69 heavy (non-hydrogen) atoms. The summed E-state index contributed by atoms with van der Waals surface area (Å²) in [5.74, 6) is 0. The van der Waals surface area contributed by atoms with Crippen molar-refractivity contribution >= 4 is 32.3 Å². The molecule has 3 aliphatic rings. The monoisotopic (exact) mass is 880 g/mol. The van der Waals surface area contributed by atoms with Gasteiger partial charge in [0, 0.05) is 16.2 Å². The van der Waals surface area contributed by atoms with Crippen LogP contribution in [-0.4, -0.2) is 0 Å². The highest BCUT2D eigenvalue weighted by Crippen LogP contribution is 2.57. The Morgan fingerprint density at radius 3 is 1.13 bits per heavy atom. The zero-order chi connectivity index (χ0) is 46.6. The summed E-state index contributed by atoms with van der Waals surface area (Å²) in [6.45, 7) is 14.5. The first-order valence-electron chi connectivity index (χ1n) is 24.7. The standard InChI is InChI=1S/C69H52/c1-67(2)59-25-15-12-22-49(59)52-31-29-43(37-62(52)67)65-54-33-28-42(46-35-34-45(41-18-8-7-9-19-41)47-20-10-11-21-48(46)47)36-56(54)66(44-30-32-53-50-23-13-16-26-60(50)68(3,4)63(53)38-44)58-40-64-55(39-57(58)65)51-24-14-17-27-61(51)69(64,5)6/h7-40H,1-6H3. The van der Waals surface area contributed by atoms with Crippen LogP contribution in [0.1, 0.15) is 74.9 Å². The number of hydrogen-bond donors (Lipinski definition) is 0. The second-order valence-corrected chi connectivity index (χ2v) is 21.6. The number of benzene rings is 11. The van der Waals surface area contributed by atoms with Crippen LogP contribution in [0.5, 0.6) is 0 Å². The molecule has 3 aliphatic carbocycles. The van der Waals surface area contributed by atoms with Crippen molar-refractivity contribution in [3.8, 4) is 77.9 Å². The van der Waals surface area contributed by atoms with Crippen LogP contribution in [0, 0.1) is 0 Å². The van der Waals surface area contributed by atoms with Gasteiger partial charge in [0.05, 0.1) is 0 Å². The minimum absolute atomic E-state index is 0.132. The number of rotatable bonds is 4. The number of hydrogen-bond acceptors (Lipinski definition) is 0. The molecule has 0 unspecified atom stereocenters. The van der Waals surface area contributed by atoms with E-state index in [1.807, 2.05) is 0 Å². The van der Waals surface area contributed by atoms with Crippen molar-refractivity contribution in [2.75, 3.05) is 0 Å². The Bertz CT molecular complexity index is 4020. The molecule has 0 saturated heterocycles. The average molecular weight is 881 g/mol. The Labute approximate surface area is 405 Å². The Kier molecular flexibility index (Phi) is 8.25. The predicted octanol–water partition coefficient (Wildman–Crippen LogP) is 18.7. The summed E-state index contributed by atoms with van der Waals surface area (Å²) in [6.07, 6.45) is 0. The maximum absolute atomic E-state index is 2.60. The second kappa shape index (κ2) is 14.1. The molecule has 0 heteroatoms. The molecule has 0 amide bonds. The summed E-state index contributed by atoms with van der Waals surface area (Å²) < 4.78 is 0. The highest BCUT2D eigenvalue weighted by Gasteiger charge is 2.39. The summed E-state index contributed by atoms with van der Waals surface area (Å²) in [7, 11) is 0. The van der Waals surface area contributed by atoms with Gasteiger partial charge in [0.2, 0.25) is 0 Å². The Hall–Kier alpha value is -7.80. The maximum Gasteiger partial charge on any atom is 0.0159 e. The molecule has 0 bridgehead atoms. The molecule has 0 saturated carbocycles. The van der Waals surface area contributed by atoms with Gasteiger partial charge in [0.1, 0.15) is 0 Å². The lowest BCUT2D eigenvalue weighted by molar-refractivity contribution is 0.660. The van der Waals surface area contributed by atoms with E-state index >= 15 is 0 Å². The van der Waals surface area contributed by atoms with Gasteiger partial charge in [-0.25, -0.2) is 0 Å². The fourth-order valence-corrected chi connectivity index (χ4v) is 13.3. The van der Waals surface area contributed by atoms with Crippen molar-refractivity contribution in [2.45, 2.75) is 57.8 Å². The van der Waals surface area contributed by atoms with Gasteiger partial charge < -0.3 is 0 Å². The van der Waals surface area contributed by atoms with Gasteiger partial charge in [-0.1, -0.05) is 217 Å². The van der Waals surface area contributed by atoms with Crippen molar-refractivity contribution in [3.63, 3.8) is 0 Å². The fraction of sp³-hybridized carbons (Fsp3) is 0.130. The van der Waals surface area contributed by atoms with Gasteiger partial charge in [0.15, 0.2) is 0 Å². The molecule has 0 aromatic heterocycles. The molecule has 11 aromatic rings. The second-order valence-electron chi connectivity index (χ2n) is 21.6. The molecule has 0 atom stereocenters. The normalized spacial score (nSPS) is 15.2. The Morgan fingerprint density at radius 1 is 0.203 bits per heavy atom. The Morgan fingerprint density at radius 2 is 0.580 bits per heavy atom. The molecule has 0 radical (unpaired) electrons. The van der Waals surface area contributed by atoms with E-state index in [9.17, 15) is 0 Å². The molecule has 14 rings (SSSR count). The first-order valence-corrected chi connectivity index (χ1v) is 24.7. The van der Waals surface area contributed by atoms with Gasteiger partial charge in [-0.15, -0.1) is 0 Å². The molecular formula is C69H52. The van der Waals surface area contributed by atoms with Crippen LogP contribution >= 0.6 is 0 Å². The maximum atomic E-state index is 2.60. The summed E-state index contributed by atoms with van der Waals surface area (Å²) in [6, 6.07) is 78.9. The van der Waals surface area contributed by atoms with E-state index in [2.05, 4.69) is 248 Å². The van der Waals surface area contributed by atoms with E-state index in [0.29, 0.717) is 0 Å². The molecule has 0 heterocycles. The fourth-order valence-electron chi connectivity index (χ4n) is 13.3.